The molecule has 0 aliphatic heterocycles. The average molecular weight is 230 g/mol. The largest absolute Gasteiger partial charge is 0.485 e. The van der Waals surface area contributed by atoms with Crippen LogP contribution in [-0.2, 0) is 0 Å². The number of benzene rings is 1. The van der Waals surface area contributed by atoms with Crippen molar-refractivity contribution < 1.29 is 13.5 Å². The van der Waals surface area contributed by atoms with E-state index in [-0.39, 0.29) is 5.75 Å². The van der Waals surface area contributed by atoms with Gasteiger partial charge in [-0.15, -0.1) is 0 Å². The highest BCUT2D eigenvalue weighted by Gasteiger charge is 2.18. The molecule has 0 amide bonds. The Hall–Kier alpha value is -1.12. The monoisotopic (exact) mass is 230 g/mol. The van der Waals surface area contributed by atoms with Gasteiger partial charge in [-0.25, -0.2) is 8.78 Å². The molecular formula is C13H20F2O. The summed E-state index contributed by atoms with van der Waals surface area (Å²) < 4.78 is 31.1. The second-order valence-corrected chi connectivity index (χ2v) is 3.79. The summed E-state index contributed by atoms with van der Waals surface area (Å²) in [7, 11) is 0. The summed E-state index contributed by atoms with van der Waals surface area (Å²) in [4.78, 5) is 0. The first kappa shape index (κ1) is 14.9. The Bertz CT molecular complexity index is 322. The topological polar surface area (TPSA) is 9.23 Å². The van der Waals surface area contributed by atoms with Gasteiger partial charge in [-0.3, -0.25) is 0 Å². The Morgan fingerprint density at radius 3 is 2.19 bits per heavy atom. The molecule has 92 valence electrons. The predicted molar refractivity (Wildman–Crippen MR) is 62.7 cm³/mol. The van der Waals surface area contributed by atoms with Crippen LogP contribution in [0.2, 0.25) is 0 Å². The predicted octanol–water partition coefficient (Wildman–Crippen LogP) is 4.56. The van der Waals surface area contributed by atoms with Crippen LogP contribution >= 0.6 is 0 Å². The van der Waals surface area contributed by atoms with E-state index in [0.717, 1.165) is 12.5 Å². The zero-order valence-corrected chi connectivity index (χ0v) is 10.6. The number of hydrogen-bond acceptors (Lipinski definition) is 1. The molecule has 0 aromatic heterocycles. The molecule has 0 heterocycles. The first-order valence-electron chi connectivity index (χ1n) is 5.58. The molecule has 0 saturated carbocycles. The quantitative estimate of drug-likeness (QED) is 0.739. The van der Waals surface area contributed by atoms with Crippen LogP contribution in [-0.4, -0.2) is 5.60 Å². The molecule has 1 rings (SSSR count). The van der Waals surface area contributed by atoms with Gasteiger partial charge in [0.05, 0.1) is 0 Å². The van der Waals surface area contributed by atoms with Crippen LogP contribution in [0.4, 0.5) is 8.78 Å². The Balaban J connectivity index is 0.00000106. The minimum absolute atomic E-state index is 0.0956. The van der Waals surface area contributed by atoms with Crippen molar-refractivity contribution in [1.82, 2.24) is 0 Å². The van der Waals surface area contributed by atoms with Crippen molar-refractivity contribution in [2.75, 3.05) is 0 Å². The molecule has 0 bridgehead atoms. The van der Waals surface area contributed by atoms with Gasteiger partial charge in [0.1, 0.15) is 11.4 Å². The average Bonchev–Trinajstić information content (AvgIpc) is 2.25. The third-order valence-electron chi connectivity index (χ3n) is 2.13. The Morgan fingerprint density at radius 2 is 1.75 bits per heavy atom. The SMILES string of the molecule is CC.CCC(C)(C)Oc1ccc(F)cc1F. The molecule has 0 aliphatic carbocycles. The molecular weight excluding hydrogens is 210 g/mol. The maximum absolute atomic E-state index is 13.2. The number of hydrogen-bond donors (Lipinski definition) is 0. The lowest BCUT2D eigenvalue weighted by atomic mass is 10.1. The maximum atomic E-state index is 13.2. The van der Waals surface area contributed by atoms with Crippen LogP contribution in [0.3, 0.4) is 0 Å². The third-order valence-corrected chi connectivity index (χ3v) is 2.13. The van der Waals surface area contributed by atoms with Gasteiger partial charge in [0, 0.05) is 6.07 Å². The fraction of sp³-hybridized carbons (Fsp3) is 0.538. The third kappa shape index (κ3) is 4.60. The number of rotatable bonds is 3. The van der Waals surface area contributed by atoms with E-state index in [1.807, 2.05) is 34.6 Å². The highest BCUT2D eigenvalue weighted by atomic mass is 19.1. The first-order valence-corrected chi connectivity index (χ1v) is 5.58. The molecule has 0 saturated heterocycles. The van der Waals surface area contributed by atoms with Crippen molar-refractivity contribution in [2.45, 2.75) is 46.6 Å². The van der Waals surface area contributed by atoms with E-state index in [1.165, 1.54) is 12.1 Å². The minimum Gasteiger partial charge on any atom is -0.485 e. The van der Waals surface area contributed by atoms with Crippen molar-refractivity contribution in [1.29, 1.82) is 0 Å². The fourth-order valence-electron chi connectivity index (χ4n) is 0.928. The van der Waals surface area contributed by atoms with Crippen LogP contribution in [0.15, 0.2) is 18.2 Å². The molecule has 0 spiro atoms. The van der Waals surface area contributed by atoms with Gasteiger partial charge >= 0.3 is 0 Å². The molecule has 1 aromatic rings. The van der Waals surface area contributed by atoms with E-state index >= 15 is 0 Å². The van der Waals surface area contributed by atoms with E-state index in [1.54, 1.807) is 0 Å². The molecule has 0 atom stereocenters. The van der Waals surface area contributed by atoms with E-state index < -0.39 is 17.2 Å². The zero-order chi connectivity index (χ0) is 12.8. The maximum Gasteiger partial charge on any atom is 0.168 e. The van der Waals surface area contributed by atoms with Gasteiger partial charge in [0.15, 0.2) is 11.6 Å². The highest BCUT2D eigenvalue weighted by molar-refractivity contribution is 5.25. The van der Waals surface area contributed by atoms with Crippen LogP contribution in [0, 0.1) is 11.6 Å². The van der Waals surface area contributed by atoms with E-state index in [4.69, 9.17) is 4.74 Å². The van der Waals surface area contributed by atoms with Crippen molar-refractivity contribution in [2.24, 2.45) is 0 Å². The first-order chi connectivity index (χ1) is 7.44. The second kappa shape index (κ2) is 6.46. The molecule has 16 heavy (non-hydrogen) atoms. The lowest BCUT2D eigenvalue weighted by Gasteiger charge is -2.24. The second-order valence-electron chi connectivity index (χ2n) is 3.79. The van der Waals surface area contributed by atoms with Gasteiger partial charge in [-0.1, -0.05) is 20.8 Å². The molecule has 3 heteroatoms. The highest BCUT2D eigenvalue weighted by Crippen LogP contribution is 2.24. The number of halogens is 2. The van der Waals surface area contributed by atoms with Crippen LogP contribution in [0.25, 0.3) is 0 Å². The number of ether oxygens (including phenoxy) is 1. The molecule has 0 aliphatic rings. The molecule has 0 N–H and O–H groups in total. The van der Waals surface area contributed by atoms with Crippen molar-refractivity contribution in [3.05, 3.63) is 29.8 Å². The van der Waals surface area contributed by atoms with E-state index in [9.17, 15) is 8.78 Å². The summed E-state index contributed by atoms with van der Waals surface area (Å²) in [5, 5.41) is 0. The normalized spacial score (nSPS) is 10.4. The molecule has 0 unspecified atom stereocenters. The standard InChI is InChI=1S/C11H14F2O.C2H6/c1-4-11(2,3)14-10-6-5-8(12)7-9(10)13;1-2/h5-7H,4H2,1-3H3;1-2H3. The van der Waals surface area contributed by atoms with Gasteiger partial charge in [0.25, 0.3) is 0 Å². The summed E-state index contributed by atoms with van der Waals surface area (Å²) in [5.41, 5.74) is -0.432. The van der Waals surface area contributed by atoms with Crippen molar-refractivity contribution in [3.63, 3.8) is 0 Å². The summed E-state index contributed by atoms with van der Waals surface area (Å²) in [5.74, 6) is -1.16. The molecule has 1 nitrogen and oxygen atoms in total. The van der Waals surface area contributed by atoms with Gasteiger partial charge in [0.2, 0.25) is 0 Å². The van der Waals surface area contributed by atoms with Gasteiger partial charge in [-0.2, -0.15) is 0 Å². The van der Waals surface area contributed by atoms with Gasteiger partial charge < -0.3 is 4.74 Å². The molecule has 0 radical (unpaired) electrons. The van der Waals surface area contributed by atoms with Crippen LogP contribution < -0.4 is 4.74 Å². The zero-order valence-electron chi connectivity index (χ0n) is 10.6. The molecule has 0 fully saturated rings. The summed E-state index contributed by atoms with van der Waals surface area (Å²) in [6, 6.07) is 3.31. The van der Waals surface area contributed by atoms with Crippen molar-refractivity contribution in [3.8, 4) is 5.75 Å². The van der Waals surface area contributed by atoms with Crippen LogP contribution in [0.5, 0.6) is 5.75 Å². The smallest absolute Gasteiger partial charge is 0.168 e. The summed E-state index contributed by atoms with van der Waals surface area (Å²) >= 11 is 0. The minimum atomic E-state index is -0.661. The molecule has 1 aromatic carbocycles. The lowest BCUT2D eigenvalue weighted by molar-refractivity contribution is 0.0992. The fourth-order valence-corrected chi connectivity index (χ4v) is 0.928. The van der Waals surface area contributed by atoms with Crippen molar-refractivity contribution >= 4 is 0 Å². The Morgan fingerprint density at radius 1 is 1.19 bits per heavy atom. The van der Waals surface area contributed by atoms with E-state index in [2.05, 4.69) is 0 Å². The van der Waals surface area contributed by atoms with Crippen LogP contribution in [0.1, 0.15) is 41.0 Å². The summed E-state index contributed by atoms with van der Waals surface area (Å²) in [6.07, 6.45) is 0.754. The van der Waals surface area contributed by atoms with E-state index in [0.29, 0.717) is 0 Å². The lowest BCUT2D eigenvalue weighted by Crippen LogP contribution is -2.27. The Kier molecular flexibility index (Phi) is 6.01. The Labute approximate surface area is 96.4 Å². The summed E-state index contributed by atoms with van der Waals surface area (Å²) in [6.45, 7) is 9.66. The van der Waals surface area contributed by atoms with Gasteiger partial charge in [-0.05, 0) is 32.4 Å².